The van der Waals surface area contributed by atoms with Gasteiger partial charge in [0.25, 0.3) is 0 Å². The number of nitrogens with one attached hydrogen (secondary N) is 1. The number of hydrogen-bond donors (Lipinski definition) is 2. The molecule has 0 aliphatic rings. The number of hydrogen-bond acceptors (Lipinski definition) is 4. The normalized spacial score (nSPS) is 13.7. The number of benzene rings is 1. The lowest BCUT2D eigenvalue weighted by Crippen LogP contribution is -2.34. The van der Waals surface area contributed by atoms with Gasteiger partial charge in [-0.25, -0.2) is 4.98 Å². The summed E-state index contributed by atoms with van der Waals surface area (Å²) in [6.45, 7) is 5.58. The van der Waals surface area contributed by atoms with E-state index < -0.39 is 0 Å². The second-order valence-electron chi connectivity index (χ2n) is 5.47. The molecule has 1 amide bonds. The van der Waals surface area contributed by atoms with Crippen molar-refractivity contribution in [3.8, 4) is 0 Å². The number of aryl methyl sites for hydroxylation is 1. The van der Waals surface area contributed by atoms with Gasteiger partial charge in [-0.2, -0.15) is 0 Å². The van der Waals surface area contributed by atoms with Crippen molar-refractivity contribution in [2.24, 2.45) is 11.7 Å². The second-order valence-corrected chi connectivity index (χ2v) is 6.99. The van der Waals surface area contributed by atoms with Crippen molar-refractivity contribution in [1.82, 2.24) is 4.98 Å². The molecule has 0 fully saturated rings. The monoisotopic (exact) mass is 337 g/mol. The quantitative estimate of drug-likeness (QED) is 0.875. The molecule has 0 saturated carbocycles. The van der Waals surface area contributed by atoms with Crippen LogP contribution in [0.2, 0.25) is 5.02 Å². The van der Waals surface area contributed by atoms with Gasteiger partial charge < -0.3 is 11.1 Å². The van der Waals surface area contributed by atoms with E-state index in [1.807, 2.05) is 45.0 Å². The predicted octanol–water partition coefficient (Wildman–Crippen LogP) is 3.62. The molecule has 2 unspecified atom stereocenters. The number of thiazole rings is 1. The number of carbonyl (C=O) groups excluding carboxylic acids is 1. The van der Waals surface area contributed by atoms with Gasteiger partial charge in [0.15, 0.2) is 5.13 Å². The van der Waals surface area contributed by atoms with Crippen molar-refractivity contribution in [3.05, 3.63) is 45.4 Å². The highest BCUT2D eigenvalue weighted by atomic mass is 35.5. The van der Waals surface area contributed by atoms with E-state index in [0.717, 1.165) is 27.6 Å². The van der Waals surface area contributed by atoms with Crippen LogP contribution in [0.1, 0.15) is 30.0 Å². The number of carbonyl (C=O) groups is 1. The Balaban J connectivity index is 2.10. The van der Waals surface area contributed by atoms with E-state index in [1.54, 1.807) is 0 Å². The number of halogens is 1. The lowest BCUT2D eigenvalue weighted by molar-refractivity contribution is -0.119. The Morgan fingerprint density at radius 3 is 2.82 bits per heavy atom. The summed E-state index contributed by atoms with van der Waals surface area (Å²) in [5, 5.41) is 4.18. The maximum absolute atomic E-state index is 12.0. The van der Waals surface area contributed by atoms with E-state index in [2.05, 4.69) is 10.3 Å². The smallest absolute Gasteiger partial charge is 0.230 e. The molecule has 2 rings (SSSR count). The highest BCUT2D eigenvalue weighted by molar-refractivity contribution is 7.15. The van der Waals surface area contributed by atoms with Gasteiger partial charge >= 0.3 is 0 Å². The van der Waals surface area contributed by atoms with Crippen LogP contribution in [-0.4, -0.2) is 16.9 Å². The number of nitrogens with two attached hydrogens (primary N) is 1. The molecule has 2 atom stereocenters. The van der Waals surface area contributed by atoms with Gasteiger partial charge in [-0.1, -0.05) is 30.7 Å². The molecule has 0 saturated heterocycles. The number of nitrogens with zero attached hydrogens (tertiary/aromatic N) is 1. The lowest BCUT2D eigenvalue weighted by Gasteiger charge is -2.13. The Hall–Kier alpha value is -1.43. The Labute approximate surface area is 139 Å². The SMILES string of the molecule is Cc1nc(NC(=O)C(C)C(C)N)sc1Cc1cccc(Cl)c1. The summed E-state index contributed by atoms with van der Waals surface area (Å²) in [7, 11) is 0. The summed E-state index contributed by atoms with van der Waals surface area (Å²) in [4.78, 5) is 17.6. The van der Waals surface area contributed by atoms with Crippen LogP contribution in [0.5, 0.6) is 0 Å². The number of rotatable bonds is 5. The molecule has 0 spiro atoms. The third-order valence-corrected chi connectivity index (χ3v) is 4.89. The van der Waals surface area contributed by atoms with E-state index in [1.165, 1.54) is 11.3 Å². The van der Waals surface area contributed by atoms with Gasteiger partial charge in [-0.3, -0.25) is 4.79 Å². The van der Waals surface area contributed by atoms with E-state index >= 15 is 0 Å². The predicted molar refractivity (Wildman–Crippen MR) is 92.6 cm³/mol. The van der Waals surface area contributed by atoms with Crippen LogP contribution < -0.4 is 11.1 Å². The highest BCUT2D eigenvalue weighted by Gasteiger charge is 2.19. The molecule has 118 valence electrons. The molecule has 3 N–H and O–H groups in total. The molecule has 1 heterocycles. The summed E-state index contributed by atoms with van der Waals surface area (Å²) in [6.07, 6.45) is 0.753. The molecule has 0 aliphatic carbocycles. The van der Waals surface area contributed by atoms with Gasteiger partial charge in [0, 0.05) is 22.4 Å². The fourth-order valence-electron chi connectivity index (χ4n) is 1.94. The Morgan fingerprint density at radius 2 is 2.18 bits per heavy atom. The first-order valence-corrected chi connectivity index (χ1v) is 8.33. The highest BCUT2D eigenvalue weighted by Crippen LogP contribution is 2.26. The van der Waals surface area contributed by atoms with Crippen molar-refractivity contribution in [3.63, 3.8) is 0 Å². The molecular formula is C16H20ClN3OS. The Bertz CT molecular complexity index is 669. The minimum atomic E-state index is -0.249. The topological polar surface area (TPSA) is 68.0 Å². The first kappa shape index (κ1) is 16.9. The third kappa shape index (κ3) is 4.29. The molecule has 22 heavy (non-hydrogen) atoms. The number of anilines is 1. The summed E-state index contributed by atoms with van der Waals surface area (Å²) in [6, 6.07) is 7.57. The summed E-state index contributed by atoms with van der Waals surface area (Å²) in [5.41, 5.74) is 7.80. The van der Waals surface area contributed by atoms with E-state index in [4.69, 9.17) is 17.3 Å². The molecular weight excluding hydrogens is 318 g/mol. The number of amides is 1. The van der Waals surface area contributed by atoms with E-state index in [0.29, 0.717) is 5.13 Å². The lowest BCUT2D eigenvalue weighted by atomic mass is 10.0. The molecule has 0 aliphatic heterocycles. The van der Waals surface area contributed by atoms with Crippen LogP contribution in [0.3, 0.4) is 0 Å². The van der Waals surface area contributed by atoms with Crippen LogP contribution in [0.25, 0.3) is 0 Å². The molecule has 6 heteroatoms. The Morgan fingerprint density at radius 1 is 1.45 bits per heavy atom. The van der Waals surface area contributed by atoms with Gasteiger partial charge in [-0.15, -0.1) is 11.3 Å². The maximum atomic E-state index is 12.0. The van der Waals surface area contributed by atoms with E-state index in [9.17, 15) is 4.79 Å². The molecule has 0 bridgehead atoms. The van der Waals surface area contributed by atoms with Crippen LogP contribution >= 0.6 is 22.9 Å². The van der Waals surface area contributed by atoms with Crippen LogP contribution in [-0.2, 0) is 11.2 Å². The van der Waals surface area contributed by atoms with Gasteiger partial charge in [-0.05, 0) is 31.5 Å². The van der Waals surface area contributed by atoms with Crippen molar-refractivity contribution in [2.75, 3.05) is 5.32 Å². The van der Waals surface area contributed by atoms with Crippen molar-refractivity contribution in [2.45, 2.75) is 33.2 Å². The molecule has 0 radical (unpaired) electrons. The maximum Gasteiger partial charge on any atom is 0.230 e. The number of aromatic nitrogens is 1. The molecule has 4 nitrogen and oxygen atoms in total. The minimum Gasteiger partial charge on any atom is -0.327 e. The zero-order valence-corrected chi connectivity index (χ0v) is 14.5. The van der Waals surface area contributed by atoms with Gasteiger partial charge in [0.1, 0.15) is 0 Å². The first-order chi connectivity index (χ1) is 10.4. The van der Waals surface area contributed by atoms with Crippen LogP contribution in [0.4, 0.5) is 5.13 Å². The molecule has 2 aromatic rings. The van der Waals surface area contributed by atoms with Crippen LogP contribution in [0, 0.1) is 12.8 Å². The van der Waals surface area contributed by atoms with E-state index in [-0.39, 0.29) is 17.9 Å². The second kappa shape index (κ2) is 7.22. The largest absolute Gasteiger partial charge is 0.327 e. The summed E-state index contributed by atoms with van der Waals surface area (Å²) in [5.74, 6) is -0.348. The fourth-order valence-corrected chi connectivity index (χ4v) is 3.15. The first-order valence-electron chi connectivity index (χ1n) is 7.14. The average molecular weight is 338 g/mol. The van der Waals surface area contributed by atoms with Crippen molar-refractivity contribution < 1.29 is 4.79 Å². The van der Waals surface area contributed by atoms with Gasteiger partial charge in [0.2, 0.25) is 5.91 Å². The zero-order chi connectivity index (χ0) is 16.3. The summed E-state index contributed by atoms with van der Waals surface area (Å²) < 4.78 is 0. The standard InChI is InChI=1S/C16H20ClN3OS/c1-9(10(2)18)15(21)20-16-19-11(3)14(22-16)8-12-5-4-6-13(17)7-12/h4-7,9-10H,8,18H2,1-3H3,(H,19,20,21). The van der Waals surface area contributed by atoms with Crippen molar-refractivity contribution in [1.29, 1.82) is 0 Å². The van der Waals surface area contributed by atoms with Crippen LogP contribution in [0.15, 0.2) is 24.3 Å². The summed E-state index contributed by atoms with van der Waals surface area (Å²) >= 11 is 7.50. The Kier molecular flexibility index (Phi) is 5.56. The minimum absolute atomic E-state index is 0.0990. The molecule has 1 aromatic heterocycles. The third-order valence-electron chi connectivity index (χ3n) is 3.58. The fraction of sp³-hybridized carbons (Fsp3) is 0.375. The molecule has 1 aromatic carbocycles. The zero-order valence-electron chi connectivity index (χ0n) is 12.9. The van der Waals surface area contributed by atoms with Gasteiger partial charge in [0.05, 0.1) is 11.6 Å². The van der Waals surface area contributed by atoms with Crippen molar-refractivity contribution >= 4 is 34.0 Å². The average Bonchev–Trinajstić information content (AvgIpc) is 2.77.